The average molecular weight is 412 g/mol. The number of unbranched alkanes of at least 4 members (excludes halogenated alkanes) is 1. The third-order valence-corrected chi connectivity index (χ3v) is 5.93. The minimum absolute atomic E-state index is 0.0339. The fraction of sp³-hybridized carbons (Fsp3) is 0.269. The number of nitrogens with one attached hydrogen (secondary N) is 1. The molecule has 0 fully saturated rings. The van der Waals surface area contributed by atoms with Crippen LogP contribution in [0, 0.1) is 11.3 Å². The Morgan fingerprint density at radius 3 is 2.48 bits per heavy atom. The molecule has 2 aromatic carbocycles. The van der Waals surface area contributed by atoms with Crippen LogP contribution in [0.2, 0.25) is 0 Å². The lowest BCUT2D eigenvalue weighted by molar-refractivity contribution is -0.139. The van der Waals surface area contributed by atoms with Gasteiger partial charge in [0.05, 0.1) is 29.7 Å². The molecule has 0 amide bonds. The van der Waals surface area contributed by atoms with Crippen LogP contribution in [0.3, 0.4) is 0 Å². The van der Waals surface area contributed by atoms with Gasteiger partial charge in [-0.05, 0) is 37.0 Å². The zero-order valence-electron chi connectivity index (χ0n) is 17.9. The van der Waals surface area contributed by atoms with Gasteiger partial charge in [0.1, 0.15) is 0 Å². The van der Waals surface area contributed by atoms with Crippen LogP contribution in [-0.4, -0.2) is 18.4 Å². The Balaban J connectivity index is 1.92. The summed E-state index contributed by atoms with van der Waals surface area (Å²) in [5.74, 6) is -1.07. The summed E-state index contributed by atoms with van der Waals surface area (Å²) >= 11 is 0. The molecule has 156 valence electrons. The Hall–Kier alpha value is -3.65. The van der Waals surface area contributed by atoms with Crippen molar-refractivity contribution in [3.63, 3.8) is 0 Å². The molecule has 0 saturated carbocycles. The first kappa shape index (κ1) is 20.6. The number of esters is 1. The highest BCUT2D eigenvalue weighted by Crippen LogP contribution is 2.47. The zero-order valence-corrected chi connectivity index (χ0v) is 17.9. The van der Waals surface area contributed by atoms with E-state index in [0.29, 0.717) is 40.3 Å². The van der Waals surface area contributed by atoms with E-state index in [1.807, 2.05) is 57.2 Å². The van der Waals surface area contributed by atoms with E-state index in [4.69, 9.17) is 4.74 Å². The topological polar surface area (TPSA) is 79.2 Å². The van der Waals surface area contributed by atoms with Crippen LogP contribution in [0.5, 0.6) is 0 Å². The number of ether oxygens (including phenoxy) is 1. The number of carbonyl (C=O) groups is 2. The largest absolute Gasteiger partial charge is 0.462 e. The summed E-state index contributed by atoms with van der Waals surface area (Å²) in [5.41, 5.74) is 5.89. The molecule has 0 bridgehead atoms. The van der Waals surface area contributed by atoms with Gasteiger partial charge in [-0.15, -0.1) is 0 Å². The van der Waals surface area contributed by atoms with Gasteiger partial charge in [-0.3, -0.25) is 4.79 Å². The van der Waals surface area contributed by atoms with Crippen LogP contribution in [0.4, 0.5) is 0 Å². The Kier molecular flexibility index (Phi) is 5.48. The molecule has 0 spiro atoms. The molecule has 0 saturated heterocycles. The van der Waals surface area contributed by atoms with E-state index < -0.39 is 11.9 Å². The normalized spacial score (nSPS) is 17.1. The van der Waals surface area contributed by atoms with Gasteiger partial charge in [-0.25, -0.2) is 4.79 Å². The number of hydrogen-bond donors (Lipinski definition) is 1. The molecule has 4 rings (SSSR count). The highest BCUT2D eigenvalue weighted by molar-refractivity contribution is 6.22. The summed E-state index contributed by atoms with van der Waals surface area (Å²) in [7, 11) is 0. The van der Waals surface area contributed by atoms with E-state index in [-0.39, 0.29) is 5.78 Å². The smallest absolute Gasteiger partial charge is 0.336 e. The van der Waals surface area contributed by atoms with Crippen LogP contribution in [0.25, 0.3) is 11.1 Å². The standard InChI is InChI=1S/C26H24N2O3/c1-4-5-13-31-26(30)22-16(3)28-15(2)21(14-27)24(22)19-11-8-12-20-23(19)17-9-6-7-10-18(17)25(20)29/h6-12,24,28H,4-5,13H2,1-3H3. The van der Waals surface area contributed by atoms with Crippen molar-refractivity contribution in [3.05, 3.63) is 81.7 Å². The van der Waals surface area contributed by atoms with Gasteiger partial charge in [0.15, 0.2) is 5.78 Å². The highest BCUT2D eigenvalue weighted by atomic mass is 16.5. The van der Waals surface area contributed by atoms with Gasteiger partial charge in [-0.1, -0.05) is 55.8 Å². The second-order valence-electron chi connectivity index (χ2n) is 7.88. The molecule has 1 aliphatic carbocycles. The summed E-state index contributed by atoms with van der Waals surface area (Å²) in [6.45, 7) is 6.02. The van der Waals surface area contributed by atoms with E-state index in [2.05, 4.69) is 11.4 Å². The SMILES string of the molecule is CCCCOC(=O)C1=C(C)NC(C)=C(C#N)C1c1cccc2c1-c1ccccc1C2=O. The molecule has 2 aliphatic rings. The van der Waals surface area contributed by atoms with E-state index >= 15 is 0 Å². The number of ketones is 1. The van der Waals surface area contributed by atoms with E-state index in [9.17, 15) is 14.9 Å². The minimum Gasteiger partial charge on any atom is -0.462 e. The van der Waals surface area contributed by atoms with Crippen molar-refractivity contribution in [2.24, 2.45) is 0 Å². The highest BCUT2D eigenvalue weighted by Gasteiger charge is 2.38. The molecular formula is C26H24N2O3. The third-order valence-electron chi connectivity index (χ3n) is 5.93. The van der Waals surface area contributed by atoms with E-state index in [1.54, 1.807) is 6.07 Å². The van der Waals surface area contributed by atoms with Gasteiger partial charge in [0, 0.05) is 22.5 Å². The van der Waals surface area contributed by atoms with Gasteiger partial charge in [0.25, 0.3) is 0 Å². The minimum atomic E-state index is -0.603. The summed E-state index contributed by atoms with van der Waals surface area (Å²) < 4.78 is 5.55. The monoisotopic (exact) mass is 412 g/mol. The summed E-state index contributed by atoms with van der Waals surface area (Å²) in [6.07, 6.45) is 1.69. The number of allylic oxidation sites excluding steroid dienone is 3. The first-order valence-electron chi connectivity index (χ1n) is 10.5. The van der Waals surface area contributed by atoms with Crippen LogP contribution in [-0.2, 0) is 9.53 Å². The van der Waals surface area contributed by atoms with Crippen LogP contribution >= 0.6 is 0 Å². The number of hydrogen-bond acceptors (Lipinski definition) is 5. The maximum atomic E-state index is 13.1. The molecule has 0 radical (unpaired) electrons. The fourth-order valence-electron chi connectivity index (χ4n) is 4.46. The van der Waals surface area contributed by atoms with Gasteiger partial charge in [0.2, 0.25) is 0 Å². The van der Waals surface area contributed by atoms with Crippen LogP contribution in [0.15, 0.2) is 65.0 Å². The van der Waals surface area contributed by atoms with Crippen LogP contribution in [0.1, 0.15) is 61.0 Å². The van der Waals surface area contributed by atoms with Gasteiger partial charge >= 0.3 is 5.97 Å². The summed E-state index contributed by atoms with van der Waals surface area (Å²) in [5, 5.41) is 13.2. The number of benzene rings is 2. The molecule has 1 N–H and O–H groups in total. The van der Waals surface area contributed by atoms with Crippen molar-refractivity contribution in [3.8, 4) is 17.2 Å². The van der Waals surface area contributed by atoms with Crippen molar-refractivity contribution < 1.29 is 14.3 Å². The van der Waals surface area contributed by atoms with Crippen molar-refractivity contribution >= 4 is 11.8 Å². The number of nitriles is 1. The molecular weight excluding hydrogens is 388 g/mol. The number of rotatable bonds is 5. The number of fused-ring (bicyclic) bond motifs is 3. The Labute approximate surface area is 182 Å². The molecule has 1 unspecified atom stereocenters. The molecule has 1 atom stereocenters. The van der Waals surface area contributed by atoms with Crippen molar-refractivity contribution in [2.75, 3.05) is 6.61 Å². The summed E-state index contributed by atoms with van der Waals surface area (Å²) in [6, 6.07) is 15.3. The first-order chi connectivity index (χ1) is 15.0. The lowest BCUT2D eigenvalue weighted by Crippen LogP contribution is -2.29. The predicted octanol–water partition coefficient (Wildman–Crippen LogP) is 5.00. The zero-order chi connectivity index (χ0) is 22.1. The Morgan fingerprint density at radius 1 is 1.06 bits per heavy atom. The first-order valence-corrected chi connectivity index (χ1v) is 10.5. The maximum absolute atomic E-state index is 13.1. The second-order valence-corrected chi connectivity index (χ2v) is 7.88. The molecule has 5 heteroatoms. The quantitative estimate of drug-likeness (QED) is 0.471. The fourth-order valence-corrected chi connectivity index (χ4v) is 4.46. The van der Waals surface area contributed by atoms with Gasteiger partial charge in [-0.2, -0.15) is 5.26 Å². The van der Waals surface area contributed by atoms with Crippen molar-refractivity contribution in [2.45, 2.75) is 39.5 Å². The number of nitrogens with zero attached hydrogens (tertiary/aromatic N) is 1. The van der Waals surface area contributed by atoms with Crippen LogP contribution < -0.4 is 5.32 Å². The molecule has 1 aliphatic heterocycles. The second kappa shape index (κ2) is 8.23. The summed E-state index contributed by atoms with van der Waals surface area (Å²) in [4.78, 5) is 26.1. The number of dihydropyridines is 1. The lowest BCUT2D eigenvalue weighted by Gasteiger charge is -2.29. The Morgan fingerprint density at radius 2 is 1.77 bits per heavy atom. The average Bonchev–Trinajstić information content (AvgIpc) is 3.06. The third kappa shape index (κ3) is 3.34. The molecule has 5 nitrogen and oxygen atoms in total. The van der Waals surface area contributed by atoms with E-state index in [0.717, 1.165) is 29.5 Å². The lowest BCUT2D eigenvalue weighted by atomic mass is 9.78. The Bertz CT molecular complexity index is 1200. The van der Waals surface area contributed by atoms with Crippen molar-refractivity contribution in [1.82, 2.24) is 5.32 Å². The molecule has 31 heavy (non-hydrogen) atoms. The molecule has 1 heterocycles. The molecule has 2 aromatic rings. The van der Waals surface area contributed by atoms with E-state index in [1.165, 1.54) is 0 Å². The maximum Gasteiger partial charge on any atom is 0.336 e. The number of carbonyl (C=O) groups excluding carboxylic acids is 2. The van der Waals surface area contributed by atoms with Crippen molar-refractivity contribution in [1.29, 1.82) is 5.26 Å². The predicted molar refractivity (Wildman–Crippen MR) is 118 cm³/mol. The molecule has 0 aromatic heterocycles. The van der Waals surface area contributed by atoms with Gasteiger partial charge < -0.3 is 10.1 Å².